The molecule has 0 fully saturated rings. The lowest BCUT2D eigenvalue weighted by Gasteiger charge is -2.06. The summed E-state index contributed by atoms with van der Waals surface area (Å²) in [4.78, 5) is 4.27. The van der Waals surface area contributed by atoms with Crippen molar-refractivity contribution in [3.8, 4) is 28.8 Å². The van der Waals surface area contributed by atoms with E-state index >= 15 is 0 Å². The number of nitrogens with zero attached hydrogens (tertiary/aromatic N) is 2. The quantitative estimate of drug-likeness (QED) is 0.367. The van der Waals surface area contributed by atoms with Gasteiger partial charge in [0.05, 0.1) is 5.02 Å². The molecule has 0 bridgehead atoms. The highest BCUT2D eigenvalue weighted by Gasteiger charge is 2.15. The molecule has 27 heavy (non-hydrogen) atoms. The third-order valence-electron chi connectivity index (χ3n) is 3.66. The Bertz CT molecular complexity index is 1080. The van der Waals surface area contributed by atoms with Gasteiger partial charge in [0.25, 0.3) is 5.89 Å². The van der Waals surface area contributed by atoms with E-state index in [1.54, 1.807) is 36.4 Å². The molecule has 0 saturated carbocycles. The van der Waals surface area contributed by atoms with Crippen LogP contribution >= 0.6 is 27.5 Å². The first kappa shape index (κ1) is 17.8. The second-order valence-corrected chi connectivity index (χ2v) is 6.88. The van der Waals surface area contributed by atoms with Gasteiger partial charge in [0.15, 0.2) is 5.76 Å². The van der Waals surface area contributed by atoms with Gasteiger partial charge in [-0.3, -0.25) is 0 Å². The number of aromatic nitrogens is 2. The van der Waals surface area contributed by atoms with Crippen LogP contribution in [0.25, 0.3) is 23.0 Å². The van der Waals surface area contributed by atoms with E-state index in [0.717, 1.165) is 4.47 Å². The average molecular weight is 450 g/mol. The third kappa shape index (κ3) is 4.04. The molecule has 0 aliphatic heterocycles. The maximum absolute atomic E-state index is 13.0. The zero-order valence-electron chi connectivity index (χ0n) is 13.7. The van der Waals surface area contributed by atoms with Gasteiger partial charge in [0.2, 0.25) is 5.82 Å². The summed E-state index contributed by atoms with van der Waals surface area (Å²) in [6.07, 6.45) is 0. The molecule has 0 N–H and O–H groups in total. The summed E-state index contributed by atoms with van der Waals surface area (Å²) >= 11 is 9.47. The molecule has 0 spiro atoms. The van der Waals surface area contributed by atoms with Crippen LogP contribution in [0.2, 0.25) is 5.02 Å². The minimum Gasteiger partial charge on any atom is -0.484 e. The van der Waals surface area contributed by atoms with Gasteiger partial charge < -0.3 is 13.7 Å². The first-order chi connectivity index (χ1) is 13.1. The molecule has 0 aliphatic carbocycles. The molecule has 4 aromatic rings. The average Bonchev–Trinajstić information content (AvgIpc) is 3.31. The monoisotopic (exact) mass is 448 g/mol. The van der Waals surface area contributed by atoms with Crippen LogP contribution in [-0.2, 0) is 6.61 Å². The van der Waals surface area contributed by atoms with Crippen molar-refractivity contribution in [2.75, 3.05) is 0 Å². The Morgan fingerprint density at radius 1 is 1.07 bits per heavy atom. The highest BCUT2D eigenvalue weighted by Crippen LogP contribution is 2.29. The minimum absolute atomic E-state index is 0.195. The van der Waals surface area contributed by atoms with E-state index in [2.05, 4.69) is 26.1 Å². The van der Waals surface area contributed by atoms with Crippen LogP contribution in [0, 0.1) is 5.82 Å². The van der Waals surface area contributed by atoms with Crippen molar-refractivity contribution in [2.24, 2.45) is 0 Å². The second kappa shape index (κ2) is 7.54. The molecule has 0 amide bonds. The number of hydrogen-bond donors (Lipinski definition) is 0. The fraction of sp³-hybridized carbons (Fsp3) is 0.0526. The molecular weight excluding hydrogens is 439 g/mol. The molecule has 136 valence electrons. The highest BCUT2D eigenvalue weighted by molar-refractivity contribution is 9.10. The Hall–Kier alpha value is -2.64. The molecule has 0 saturated heterocycles. The smallest absolute Gasteiger partial charge is 0.293 e. The van der Waals surface area contributed by atoms with Gasteiger partial charge in [-0.25, -0.2) is 4.39 Å². The summed E-state index contributed by atoms with van der Waals surface area (Å²) in [6, 6.07) is 14.6. The van der Waals surface area contributed by atoms with Crippen molar-refractivity contribution in [1.29, 1.82) is 0 Å². The van der Waals surface area contributed by atoms with Crippen molar-refractivity contribution in [3.05, 3.63) is 75.7 Å². The van der Waals surface area contributed by atoms with E-state index in [1.165, 1.54) is 12.1 Å². The van der Waals surface area contributed by atoms with Gasteiger partial charge in [0, 0.05) is 10.0 Å². The fourth-order valence-corrected chi connectivity index (χ4v) is 3.08. The van der Waals surface area contributed by atoms with Crippen molar-refractivity contribution in [2.45, 2.75) is 6.61 Å². The first-order valence-electron chi connectivity index (χ1n) is 7.85. The lowest BCUT2D eigenvalue weighted by atomic mass is 10.2. The first-order valence-corrected chi connectivity index (χ1v) is 9.02. The standard InChI is InChI=1S/C19H11BrClFN2O3/c20-12-3-7-16(15(21)9-12)25-10-14-6-8-17(26-14)19-23-18(24-27-19)11-1-4-13(22)5-2-11/h1-9H,10H2. The maximum Gasteiger partial charge on any atom is 0.293 e. The zero-order chi connectivity index (χ0) is 18.8. The Morgan fingerprint density at radius 3 is 2.67 bits per heavy atom. The van der Waals surface area contributed by atoms with Crippen molar-refractivity contribution in [1.82, 2.24) is 10.1 Å². The lowest BCUT2D eigenvalue weighted by molar-refractivity contribution is 0.270. The summed E-state index contributed by atoms with van der Waals surface area (Å²) in [6.45, 7) is 0.195. The topological polar surface area (TPSA) is 61.3 Å². The van der Waals surface area contributed by atoms with E-state index < -0.39 is 0 Å². The summed E-state index contributed by atoms with van der Waals surface area (Å²) in [5, 5.41) is 4.39. The molecule has 2 aromatic carbocycles. The Kier molecular flexibility index (Phi) is 4.96. The van der Waals surface area contributed by atoms with Crippen LogP contribution in [0.5, 0.6) is 5.75 Å². The predicted molar refractivity (Wildman–Crippen MR) is 101 cm³/mol. The molecule has 4 rings (SSSR count). The minimum atomic E-state index is -0.330. The number of halogens is 3. The lowest BCUT2D eigenvalue weighted by Crippen LogP contribution is -1.94. The highest BCUT2D eigenvalue weighted by atomic mass is 79.9. The van der Waals surface area contributed by atoms with Crippen LogP contribution in [0.1, 0.15) is 5.76 Å². The van der Waals surface area contributed by atoms with Crippen LogP contribution in [0.4, 0.5) is 4.39 Å². The molecule has 0 radical (unpaired) electrons. The molecule has 0 aliphatic rings. The van der Waals surface area contributed by atoms with Gasteiger partial charge >= 0.3 is 0 Å². The summed E-state index contributed by atoms with van der Waals surface area (Å²) in [5.41, 5.74) is 0.645. The number of benzene rings is 2. The normalized spacial score (nSPS) is 10.9. The second-order valence-electron chi connectivity index (χ2n) is 5.56. The van der Waals surface area contributed by atoms with E-state index in [4.69, 9.17) is 25.3 Å². The largest absolute Gasteiger partial charge is 0.484 e. The third-order valence-corrected chi connectivity index (χ3v) is 4.45. The van der Waals surface area contributed by atoms with Gasteiger partial charge in [-0.05, 0) is 54.6 Å². The number of furan rings is 1. The van der Waals surface area contributed by atoms with Crippen LogP contribution in [0.3, 0.4) is 0 Å². The van der Waals surface area contributed by atoms with Crippen molar-refractivity contribution < 1.29 is 18.1 Å². The molecular formula is C19H11BrClFN2O3. The molecule has 5 nitrogen and oxygen atoms in total. The molecule has 0 unspecified atom stereocenters. The van der Waals surface area contributed by atoms with Gasteiger partial charge in [-0.15, -0.1) is 0 Å². The summed E-state index contributed by atoms with van der Waals surface area (Å²) < 4.78 is 30.5. The van der Waals surface area contributed by atoms with Gasteiger partial charge in [-0.1, -0.05) is 32.7 Å². The molecule has 2 heterocycles. The maximum atomic E-state index is 13.0. The Balaban J connectivity index is 1.47. The Labute approximate surface area is 166 Å². The zero-order valence-corrected chi connectivity index (χ0v) is 16.0. The summed E-state index contributed by atoms with van der Waals surface area (Å²) in [7, 11) is 0. The van der Waals surface area contributed by atoms with Crippen molar-refractivity contribution >= 4 is 27.5 Å². The van der Waals surface area contributed by atoms with E-state index in [0.29, 0.717) is 33.7 Å². The molecule has 8 heteroatoms. The predicted octanol–water partition coefficient (Wildman–Crippen LogP) is 6.13. The number of rotatable bonds is 5. The van der Waals surface area contributed by atoms with Crippen molar-refractivity contribution in [3.63, 3.8) is 0 Å². The van der Waals surface area contributed by atoms with Crippen LogP contribution < -0.4 is 4.74 Å². The van der Waals surface area contributed by atoms with Gasteiger partial charge in [0.1, 0.15) is 23.9 Å². The molecule has 0 atom stereocenters. The van der Waals surface area contributed by atoms with E-state index in [9.17, 15) is 4.39 Å². The van der Waals surface area contributed by atoms with Gasteiger partial charge in [-0.2, -0.15) is 4.98 Å². The van der Waals surface area contributed by atoms with Crippen LogP contribution in [0.15, 0.2) is 68.0 Å². The number of hydrogen-bond acceptors (Lipinski definition) is 5. The van der Waals surface area contributed by atoms with E-state index in [-0.39, 0.29) is 18.3 Å². The van der Waals surface area contributed by atoms with E-state index in [1.807, 2.05) is 6.07 Å². The van der Waals surface area contributed by atoms with Crippen LogP contribution in [-0.4, -0.2) is 10.1 Å². The molecule has 2 aromatic heterocycles. The fourth-order valence-electron chi connectivity index (χ4n) is 2.35. The summed E-state index contributed by atoms with van der Waals surface area (Å²) in [5.74, 6) is 1.78. The number of ether oxygens (including phenoxy) is 1. The Morgan fingerprint density at radius 2 is 1.89 bits per heavy atom. The SMILES string of the molecule is Fc1ccc(-c2noc(-c3ccc(COc4ccc(Br)cc4Cl)o3)n2)cc1.